The van der Waals surface area contributed by atoms with Crippen LogP contribution in [0.15, 0.2) is 34.8 Å². The van der Waals surface area contributed by atoms with Crippen molar-refractivity contribution in [2.45, 2.75) is 59.2 Å². The van der Waals surface area contributed by atoms with E-state index in [0.29, 0.717) is 60.2 Å². The molecule has 2 fully saturated rings. The predicted molar refractivity (Wildman–Crippen MR) is 180 cm³/mol. The molecule has 1 unspecified atom stereocenters. The highest BCUT2D eigenvalue weighted by atomic mass is 35.5. The normalized spacial score (nSPS) is 17.6. The van der Waals surface area contributed by atoms with E-state index in [1.165, 1.54) is 14.2 Å². The number of halogens is 2. The maximum atomic E-state index is 14.4. The van der Waals surface area contributed by atoms with Gasteiger partial charge >= 0.3 is 0 Å². The number of anilines is 1. The molecular weight excluding hydrogens is 629 g/mol. The van der Waals surface area contributed by atoms with E-state index in [2.05, 4.69) is 21.3 Å². The number of likely N-dealkylation sites (tertiary alicyclic amines) is 2. The lowest BCUT2D eigenvalue weighted by atomic mass is 9.93. The number of rotatable bonds is 9. The van der Waals surface area contributed by atoms with E-state index in [0.717, 1.165) is 19.4 Å². The van der Waals surface area contributed by atoms with Crippen LogP contribution >= 0.6 is 23.2 Å². The summed E-state index contributed by atoms with van der Waals surface area (Å²) in [5, 5.41) is 13.8. The molecule has 0 bridgehead atoms. The first kappa shape index (κ1) is 33.5. The van der Waals surface area contributed by atoms with E-state index >= 15 is 0 Å². The number of nitriles is 1. The molecule has 13 heteroatoms. The molecule has 2 aromatic heterocycles. The van der Waals surface area contributed by atoms with Gasteiger partial charge in [0.15, 0.2) is 0 Å². The van der Waals surface area contributed by atoms with Gasteiger partial charge < -0.3 is 19.7 Å². The maximum absolute atomic E-state index is 14.4. The van der Waals surface area contributed by atoms with Gasteiger partial charge in [0.1, 0.15) is 28.8 Å². The van der Waals surface area contributed by atoms with Crippen molar-refractivity contribution in [1.82, 2.24) is 24.3 Å². The van der Waals surface area contributed by atoms with Crippen LogP contribution in [-0.4, -0.2) is 82.7 Å². The fourth-order valence-corrected chi connectivity index (χ4v) is 6.90. The lowest BCUT2D eigenvalue weighted by Gasteiger charge is -2.46. The van der Waals surface area contributed by atoms with Gasteiger partial charge in [0.25, 0.3) is 11.5 Å². The molecule has 5 rings (SSSR count). The molecule has 2 saturated heterocycles. The summed E-state index contributed by atoms with van der Waals surface area (Å²) in [6, 6.07) is 5.50. The lowest BCUT2D eigenvalue weighted by Crippen LogP contribution is -2.62. The van der Waals surface area contributed by atoms with Gasteiger partial charge in [-0.15, -0.1) is 0 Å². The van der Waals surface area contributed by atoms with Crippen molar-refractivity contribution < 1.29 is 14.3 Å². The Hall–Kier alpha value is -3.85. The molecule has 2 aliphatic rings. The number of carbonyl (C=O) groups is 1. The third kappa shape index (κ3) is 6.52. The van der Waals surface area contributed by atoms with E-state index in [4.69, 9.17) is 37.7 Å². The Bertz CT molecular complexity index is 1760. The minimum Gasteiger partial charge on any atom is -0.495 e. The molecule has 3 aromatic rings. The lowest BCUT2D eigenvalue weighted by molar-refractivity contribution is -0.134. The van der Waals surface area contributed by atoms with E-state index in [-0.39, 0.29) is 50.1 Å². The second-order valence-electron chi connectivity index (χ2n) is 12.7. The van der Waals surface area contributed by atoms with Crippen LogP contribution in [0.5, 0.6) is 11.5 Å². The number of carbonyl (C=O) groups excluding carboxylic acids is 1. The number of nitrogens with zero attached hydrogens (tertiary/aromatic N) is 6. The Morgan fingerprint density at radius 3 is 2.43 bits per heavy atom. The Morgan fingerprint density at radius 2 is 1.85 bits per heavy atom. The zero-order valence-electron chi connectivity index (χ0n) is 27.0. The van der Waals surface area contributed by atoms with Crippen LogP contribution in [-0.2, 0) is 11.3 Å². The Morgan fingerprint density at radius 1 is 1.17 bits per heavy atom. The van der Waals surface area contributed by atoms with Gasteiger partial charge in [-0.25, -0.2) is 4.98 Å². The average molecular weight is 669 g/mol. The molecule has 244 valence electrons. The number of allylic oxidation sites excluding steroid dienone is 1. The number of pyridine rings is 1. The topological polar surface area (TPSA) is 126 Å². The summed E-state index contributed by atoms with van der Waals surface area (Å²) in [6.45, 7) is 10.7. The molecule has 1 amide bonds. The second-order valence-corrected chi connectivity index (χ2v) is 13.5. The van der Waals surface area contributed by atoms with Gasteiger partial charge in [-0.2, -0.15) is 10.2 Å². The maximum Gasteiger partial charge on any atom is 0.264 e. The van der Waals surface area contributed by atoms with E-state index in [9.17, 15) is 14.9 Å². The number of fused-ring (bicyclic) bond motifs is 1. The van der Waals surface area contributed by atoms with Crippen LogP contribution in [0.4, 0.5) is 5.95 Å². The summed E-state index contributed by atoms with van der Waals surface area (Å²) in [6.07, 6.45) is 5.23. The first-order chi connectivity index (χ1) is 21.9. The molecule has 1 N–H and O–H groups in total. The highest BCUT2D eigenvalue weighted by Crippen LogP contribution is 2.45. The Balaban J connectivity index is 1.52. The van der Waals surface area contributed by atoms with Gasteiger partial charge in [-0.3, -0.25) is 19.1 Å². The quantitative estimate of drug-likeness (QED) is 0.236. The number of methoxy groups -OCH3 is 2. The molecule has 1 atom stereocenters. The highest BCUT2D eigenvalue weighted by molar-refractivity contribution is 6.41. The van der Waals surface area contributed by atoms with Gasteiger partial charge in [-0.1, -0.05) is 50.0 Å². The van der Waals surface area contributed by atoms with Crippen molar-refractivity contribution >= 4 is 46.1 Å². The molecular formula is C33H39Cl2N7O4. The number of benzene rings is 1. The van der Waals surface area contributed by atoms with Crippen LogP contribution in [0.3, 0.4) is 0 Å². The van der Waals surface area contributed by atoms with Crippen molar-refractivity contribution in [2.24, 2.45) is 5.41 Å². The van der Waals surface area contributed by atoms with E-state index < -0.39 is 0 Å². The number of nitrogens with one attached hydrogen (secondary N) is 1. The fourth-order valence-electron chi connectivity index (χ4n) is 6.19. The first-order valence-electron chi connectivity index (χ1n) is 15.3. The number of hydrogen-bond donors (Lipinski definition) is 1. The van der Waals surface area contributed by atoms with Crippen LogP contribution < -0.4 is 20.3 Å². The summed E-state index contributed by atoms with van der Waals surface area (Å²) in [7, 11) is 2.97. The van der Waals surface area contributed by atoms with Crippen molar-refractivity contribution in [3.8, 4) is 28.7 Å². The number of aromatic nitrogens is 3. The standard InChI is InChI=1S/C33H39Cl2N7O4/c1-7-37-32-38-15-19-11-23(26-27(34)24(45-5)12-25(46-6)28(26)35)31(44)42(29(19)39-32)18-21-9-8-10-41(21)22-16-40(17-22)30(43)20(14-36)13-33(2,3)4/h11-13,15,21-22H,7-10,16-18H2,1-6H3,(H,37,38,39)/b20-13-. The van der Waals surface area contributed by atoms with Crippen molar-refractivity contribution in [3.63, 3.8) is 0 Å². The van der Waals surface area contributed by atoms with Crippen LogP contribution in [0, 0.1) is 16.7 Å². The minimum absolute atomic E-state index is 0.0160. The second kappa shape index (κ2) is 13.5. The van der Waals surface area contributed by atoms with E-state index in [1.807, 2.05) is 27.7 Å². The minimum atomic E-state index is -0.309. The van der Waals surface area contributed by atoms with Crippen molar-refractivity contribution in [2.75, 3.05) is 45.7 Å². The zero-order chi connectivity index (χ0) is 33.3. The van der Waals surface area contributed by atoms with Gasteiger partial charge in [0.05, 0.1) is 29.8 Å². The molecule has 2 aliphatic heterocycles. The van der Waals surface area contributed by atoms with Crippen LogP contribution in [0.25, 0.3) is 22.2 Å². The smallest absolute Gasteiger partial charge is 0.264 e. The Labute approximate surface area is 278 Å². The molecule has 0 aliphatic carbocycles. The molecule has 4 heterocycles. The highest BCUT2D eigenvalue weighted by Gasteiger charge is 2.41. The number of amides is 1. The van der Waals surface area contributed by atoms with Crippen molar-refractivity contribution in [1.29, 1.82) is 5.26 Å². The van der Waals surface area contributed by atoms with Gasteiger partial charge in [0, 0.05) is 61.5 Å². The third-order valence-electron chi connectivity index (χ3n) is 8.37. The van der Waals surface area contributed by atoms with Crippen LogP contribution in [0.1, 0.15) is 40.5 Å². The fraction of sp³-hybridized carbons (Fsp3) is 0.485. The molecule has 0 spiro atoms. The van der Waals surface area contributed by atoms with Crippen molar-refractivity contribution in [3.05, 3.63) is 50.4 Å². The average Bonchev–Trinajstić information content (AvgIpc) is 3.44. The first-order valence-corrected chi connectivity index (χ1v) is 16.1. The predicted octanol–water partition coefficient (Wildman–Crippen LogP) is 5.39. The molecule has 46 heavy (non-hydrogen) atoms. The van der Waals surface area contributed by atoms with Gasteiger partial charge in [0.2, 0.25) is 5.95 Å². The Kier molecular flexibility index (Phi) is 9.82. The summed E-state index contributed by atoms with van der Waals surface area (Å²) in [4.78, 5) is 40.8. The molecule has 0 radical (unpaired) electrons. The summed E-state index contributed by atoms with van der Waals surface area (Å²) in [5.41, 5.74) is 0.654. The largest absolute Gasteiger partial charge is 0.495 e. The number of ether oxygens (including phenoxy) is 2. The third-order valence-corrected chi connectivity index (χ3v) is 9.12. The van der Waals surface area contributed by atoms with E-state index in [1.54, 1.807) is 33.9 Å². The zero-order valence-corrected chi connectivity index (χ0v) is 28.5. The summed E-state index contributed by atoms with van der Waals surface area (Å²) >= 11 is 13.5. The molecule has 0 saturated carbocycles. The SMILES string of the molecule is CCNc1ncc2cc(-c3c(Cl)c(OC)cc(OC)c3Cl)c(=O)n(CC3CCCN3C3CN(C(=O)/C(C#N)=C\C(C)(C)C)C3)c2n1. The summed E-state index contributed by atoms with van der Waals surface area (Å²) < 4.78 is 12.6. The molecule has 11 nitrogen and oxygen atoms in total. The molecule has 1 aromatic carbocycles. The monoisotopic (exact) mass is 667 g/mol. The van der Waals surface area contributed by atoms with Gasteiger partial charge in [-0.05, 0) is 37.8 Å². The number of hydrogen-bond acceptors (Lipinski definition) is 9. The van der Waals surface area contributed by atoms with Crippen LogP contribution in [0.2, 0.25) is 10.0 Å². The summed E-state index contributed by atoms with van der Waals surface area (Å²) in [5.74, 6) is 0.828.